The first kappa shape index (κ1) is 15.2. The van der Waals surface area contributed by atoms with Gasteiger partial charge in [-0.25, -0.2) is 4.52 Å². The monoisotopic (exact) mass is 361 g/mol. The van der Waals surface area contributed by atoms with Crippen LogP contribution in [0.1, 0.15) is 15.9 Å². The maximum atomic E-state index is 12.2. The standard InChI is InChI=1S/C20H15N3O2S/c1-25-17-5-4-13(14-10-21-20(24)19(14)17)12-6-7-23-16(9-12)15(11-22-23)18-3-2-8-26-18/h2-9,11H,10H2,1H3,(H,21,24). The molecule has 0 aliphatic carbocycles. The smallest absolute Gasteiger partial charge is 0.255 e. The van der Waals surface area contributed by atoms with Gasteiger partial charge in [0.1, 0.15) is 5.75 Å². The van der Waals surface area contributed by atoms with E-state index in [1.54, 1.807) is 18.4 Å². The number of ether oxygens (including phenoxy) is 1. The zero-order chi connectivity index (χ0) is 17.7. The fourth-order valence-electron chi connectivity index (χ4n) is 3.53. The van der Waals surface area contributed by atoms with Crippen LogP contribution in [-0.4, -0.2) is 22.6 Å². The van der Waals surface area contributed by atoms with Crippen molar-refractivity contribution in [1.82, 2.24) is 14.9 Å². The van der Waals surface area contributed by atoms with Crippen molar-refractivity contribution in [3.05, 3.63) is 65.3 Å². The molecule has 1 aliphatic rings. The number of hydrogen-bond donors (Lipinski definition) is 1. The fourth-order valence-corrected chi connectivity index (χ4v) is 4.27. The van der Waals surface area contributed by atoms with Gasteiger partial charge in [-0.3, -0.25) is 4.79 Å². The molecule has 0 radical (unpaired) electrons. The second kappa shape index (κ2) is 5.71. The van der Waals surface area contributed by atoms with Gasteiger partial charge in [0.05, 0.1) is 24.4 Å². The molecule has 0 fully saturated rings. The van der Waals surface area contributed by atoms with E-state index in [2.05, 4.69) is 27.9 Å². The Kier molecular flexibility index (Phi) is 3.33. The van der Waals surface area contributed by atoms with Gasteiger partial charge in [0.25, 0.3) is 5.91 Å². The molecule has 5 nitrogen and oxygen atoms in total. The van der Waals surface area contributed by atoms with Gasteiger partial charge < -0.3 is 10.1 Å². The van der Waals surface area contributed by atoms with Gasteiger partial charge in [-0.2, -0.15) is 5.10 Å². The summed E-state index contributed by atoms with van der Waals surface area (Å²) in [7, 11) is 1.59. The molecule has 0 atom stereocenters. The summed E-state index contributed by atoms with van der Waals surface area (Å²) in [6, 6.07) is 12.2. The highest BCUT2D eigenvalue weighted by molar-refractivity contribution is 7.13. The normalized spacial score (nSPS) is 13.0. The molecule has 1 aromatic carbocycles. The first-order valence-corrected chi connectivity index (χ1v) is 9.14. The Labute approximate surface area is 153 Å². The molecule has 4 heterocycles. The SMILES string of the molecule is COc1ccc(-c2ccn3ncc(-c4cccs4)c3c2)c2c1C(=O)NC2. The van der Waals surface area contributed by atoms with E-state index in [9.17, 15) is 4.79 Å². The number of nitrogens with zero attached hydrogens (tertiary/aromatic N) is 2. The van der Waals surface area contributed by atoms with Crippen molar-refractivity contribution in [2.75, 3.05) is 7.11 Å². The van der Waals surface area contributed by atoms with Gasteiger partial charge in [-0.15, -0.1) is 11.3 Å². The quantitative estimate of drug-likeness (QED) is 0.600. The molecule has 0 saturated carbocycles. The van der Waals surface area contributed by atoms with Gasteiger partial charge in [-0.05, 0) is 46.3 Å². The van der Waals surface area contributed by atoms with Crippen molar-refractivity contribution in [2.24, 2.45) is 0 Å². The fraction of sp³-hybridized carbons (Fsp3) is 0.100. The van der Waals surface area contributed by atoms with Gasteiger partial charge in [-0.1, -0.05) is 12.1 Å². The van der Waals surface area contributed by atoms with Crippen LogP contribution < -0.4 is 10.1 Å². The molecule has 4 aromatic rings. The van der Waals surface area contributed by atoms with Crippen LogP contribution in [0.15, 0.2) is 54.2 Å². The van der Waals surface area contributed by atoms with Gasteiger partial charge in [0.15, 0.2) is 0 Å². The number of nitrogens with one attached hydrogen (secondary N) is 1. The largest absolute Gasteiger partial charge is 0.496 e. The molecule has 3 aromatic heterocycles. The third-order valence-corrected chi connectivity index (χ3v) is 5.67. The van der Waals surface area contributed by atoms with E-state index >= 15 is 0 Å². The highest BCUT2D eigenvalue weighted by atomic mass is 32.1. The average Bonchev–Trinajstić information content (AvgIpc) is 3.40. The van der Waals surface area contributed by atoms with Crippen molar-refractivity contribution in [2.45, 2.75) is 6.54 Å². The van der Waals surface area contributed by atoms with Crippen molar-refractivity contribution in [3.8, 4) is 27.3 Å². The first-order chi connectivity index (χ1) is 12.8. The molecule has 5 rings (SSSR count). The predicted molar refractivity (Wildman–Crippen MR) is 102 cm³/mol. The topological polar surface area (TPSA) is 55.6 Å². The van der Waals surface area contributed by atoms with Gasteiger partial charge in [0.2, 0.25) is 0 Å². The third-order valence-electron chi connectivity index (χ3n) is 4.77. The summed E-state index contributed by atoms with van der Waals surface area (Å²) < 4.78 is 7.25. The summed E-state index contributed by atoms with van der Waals surface area (Å²) in [5.74, 6) is 0.534. The molecular weight excluding hydrogens is 346 g/mol. The number of aromatic nitrogens is 2. The van der Waals surface area contributed by atoms with E-state index in [0.717, 1.165) is 27.8 Å². The van der Waals surface area contributed by atoms with E-state index in [4.69, 9.17) is 4.74 Å². The third kappa shape index (κ3) is 2.16. The van der Waals surface area contributed by atoms with Gasteiger partial charge in [0, 0.05) is 23.2 Å². The Morgan fingerprint density at radius 3 is 2.96 bits per heavy atom. The molecule has 1 N–H and O–H groups in total. The number of hydrogen-bond acceptors (Lipinski definition) is 4. The second-order valence-electron chi connectivity index (χ2n) is 6.13. The number of thiophene rings is 1. The van der Waals surface area contributed by atoms with Crippen LogP contribution in [0, 0.1) is 0 Å². The van der Waals surface area contributed by atoms with Crippen LogP contribution >= 0.6 is 11.3 Å². The number of carbonyl (C=O) groups excluding carboxylic acids is 1. The predicted octanol–water partition coefficient (Wildman–Crippen LogP) is 3.98. The molecule has 26 heavy (non-hydrogen) atoms. The summed E-state index contributed by atoms with van der Waals surface area (Å²) >= 11 is 1.70. The molecule has 0 unspecified atom stereocenters. The molecule has 1 amide bonds. The lowest BCUT2D eigenvalue weighted by atomic mass is 9.96. The minimum absolute atomic E-state index is 0.0802. The lowest BCUT2D eigenvalue weighted by molar-refractivity contribution is 0.0963. The number of fused-ring (bicyclic) bond motifs is 2. The number of carbonyl (C=O) groups is 1. The van der Waals surface area contributed by atoms with Gasteiger partial charge >= 0.3 is 0 Å². The maximum absolute atomic E-state index is 12.2. The van der Waals surface area contributed by atoms with Crippen LogP contribution in [0.5, 0.6) is 5.75 Å². The summed E-state index contributed by atoms with van der Waals surface area (Å²) in [5.41, 5.74) is 5.88. The Morgan fingerprint density at radius 1 is 1.23 bits per heavy atom. The van der Waals surface area contributed by atoms with E-state index in [1.165, 1.54) is 4.88 Å². The molecule has 0 bridgehead atoms. The minimum Gasteiger partial charge on any atom is -0.496 e. The van der Waals surface area contributed by atoms with Crippen molar-refractivity contribution < 1.29 is 9.53 Å². The summed E-state index contributed by atoms with van der Waals surface area (Å²) in [4.78, 5) is 13.4. The van der Waals surface area contributed by atoms with Crippen LogP contribution in [0.3, 0.4) is 0 Å². The lowest BCUT2D eigenvalue weighted by Gasteiger charge is -2.11. The average molecular weight is 361 g/mol. The van der Waals surface area contributed by atoms with Crippen LogP contribution in [-0.2, 0) is 6.54 Å². The summed E-state index contributed by atoms with van der Waals surface area (Å²) in [6.45, 7) is 0.517. The molecular formula is C20H15N3O2S. The van der Waals surface area contributed by atoms with Crippen molar-refractivity contribution in [3.63, 3.8) is 0 Å². The number of pyridine rings is 1. The first-order valence-electron chi connectivity index (χ1n) is 8.26. The van der Waals surface area contributed by atoms with Crippen LogP contribution in [0.4, 0.5) is 0 Å². The Bertz CT molecular complexity index is 1150. The van der Waals surface area contributed by atoms with E-state index in [1.807, 2.05) is 41.2 Å². The maximum Gasteiger partial charge on any atom is 0.255 e. The van der Waals surface area contributed by atoms with E-state index < -0.39 is 0 Å². The highest BCUT2D eigenvalue weighted by Gasteiger charge is 2.26. The zero-order valence-corrected chi connectivity index (χ0v) is 14.8. The highest BCUT2D eigenvalue weighted by Crippen LogP contribution is 2.36. The van der Waals surface area contributed by atoms with E-state index in [-0.39, 0.29) is 5.91 Å². The zero-order valence-electron chi connectivity index (χ0n) is 14.0. The molecule has 1 aliphatic heterocycles. The lowest BCUT2D eigenvalue weighted by Crippen LogP contribution is -2.13. The molecule has 128 valence electrons. The summed E-state index contributed by atoms with van der Waals surface area (Å²) in [6.07, 6.45) is 3.86. The molecule has 0 spiro atoms. The van der Waals surface area contributed by atoms with Crippen molar-refractivity contribution >= 4 is 22.8 Å². The number of rotatable bonds is 3. The number of benzene rings is 1. The Hall–Kier alpha value is -3.12. The van der Waals surface area contributed by atoms with Crippen LogP contribution in [0.25, 0.3) is 27.1 Å². The Balaban J connectivity index is 1.71. The molecule has 6 heteroatoms. The van der Waals surface area contributed by atoms with Crippen molar-refractivity contribution in [1.29, 1.82) is 0 Å². The van der Waals surface area contributed by atoms with E-state index in [0.29, 0.717) is 17.9 Å². The molecule has 0 saturated heterocycles. The van der Waals surface area contributed by atoms with Crippen LogP contribution in [0.2, 0.25) is 0 Å². The number of methoxy groups -OCH3 is 1. The second-order valence-corrected chi connectivity index (χ2v) is 7.08. The number of amides is 1. The minimum atomic E-state index is -0.0802. The summed E-state index contributed by atoms with van der Waals surface area (Å²) in [5, 5.41) is 9.42. The Morgan fingerprint density at radius 2 is 2.15 bits per heavy atom.